The molecule has 0 aliphatic carbocycles. The molecule has 3 heteroatoms. The predicted octanol–water partition coefficient (Wildman–Crippen LogP) is 2.89. The molecule has 0 aliphatic rings. The quantitative estimate of drug-likeness (QED) is 0.877. The highest BCUT2D eigenvalue weighted by atomic mass is 19.1. The number of nitrogens with zero attached hydrogens (tertiary/aromatic N) is 1. The third-order valence-corrected chi connectivity index (χ3v) is 2.67. The summed E-state index contributed by atoms with van der Waals surface area (Å²) < 4.78 is 13.3. The van der Waals surface area contributed by atoms with Gasteiger partial charge in [-0.3, -0.25) is 4.98 Å². The molecule has 1 heterocycles. The van der Waals surface area contributed by atoms with Gasteiger partial charge in [-0.05, 0) is 30.5 Å². The molecular formula is C14H14FNO. The Morgan fingerprint density at radius 3 is 2.59 bits per heavy atom. The number of benzene rings is 1. The van der Waals surface area contributed by atoms with Gasteiger partial charge in [0.1, 0.15) is 5.82 Å². The molecule has 0 saturated heterocycles. The molecule has 2 aromatic rings. The van der Waals surface area contributed by atoms with Crippen molar-refractivity contribution in [1.29, 1.82) is 0 Å². The molecule has 88 valence electrons. The molecule has 1 N–H and O–H groups in total. The fourth-order valence-corrected chi connectivity index (χ4v) is 1.72. The van der Waals surface area contributed by atoms with E-state index in [2.05, 4.69) is 4.98 Å². The molecule has 17 heavy (non-hydrogen) atoms. The average Bonchev–Trinajstić information content (AvgIpc) is 2.38. The highest BCUT2D eigenvalue weighted by molar-refractivity contribution is 5.17. The zero-order valence-corrected chi connectivity index (χ0v) is 9.38. The molecule has 1 atom stereocenters. The Morgan fingerprint density at radius 2 is 1.88 bits per heavy atom. The molecule has 2 rings (SSSR count). The van der Waals surface area contributed by atoms with Crippen molar-refractivity contribution in [3.8, 4) is 0 Å². The molecule has 0 fully saturated rings. The lowest BCUT2D eigenvalue weighted by Crippen LogP contribution is -2.02. The summed E-state index contributed by atoms with van der Waals surface area (Å²) in [5.41, 5.74) is 1.26. The number of pyridine rings is 1. The van der Waals surface area contributed by atoms with Gasteiger partial charge in [0.05, 0.1) is 11.8 Å². The lowest BCUT2D eigenvalue weighted by molar-refractivity contribution is 0.167. The third kappa shape index (κ3) is 3.11. The van der Waals surface area contributed by atoms with E-state index in [1.165, 1.54) is 6.07 Å². The zero-order chi connectivity index (χ0) is 12.1. The summed E-state index contributed by atoms with van der Waals surface area (Å²) in [5.74, 6) is -0.312. The summed E-state index contributed by atoms with van der Waals surface area (Å²) in [6, 6.07) is 12.3. The molecule has 0 spiro atoms. The van der Waals surface area contributed by atoms with Gasteiger partial charge in [0.25, 0.3) is 0 Å². The summed E-state index contributed by atoms with van der Waals surface area (Å²) >= 11 is 0. The van der Waals surface area contributed by atoms with E-state index < -0.39 is 6.10 Å². The van der Waals surface area contributed by atoms with E-state index in [4.69, 9.17) is 0 Å². The van der Waals surface area contributed by atoms with Crippen LogP contribution in [0, 0.1) is 5.82 Å². The minimum Gasteiger partial charge on any atom is -0.388 e. The third-order valence-electron chi connectivity index (χ3n) is 2.67. The summed E-state index contributed by atoms with van der Waals surface area (Å²) in [7, 11) is 0. The van der Waals surface area contributed by atoms with Crippen LogP contribution >= 0.6 is 0 Å². The lowest BCUT2D eigenvalue weighted by Gasteiger charge is -2.10. The second-order valence-electron chi connectivity index (χ2n) is 3.90. The normalized spacial score (nSPS) is 12.4. The van der Waals surface area contributed by atoms with Gasteiger partial charge in [-0.15, -0.1) is 0 Å². The van der Waals surface area contributed by atoms with E-state index >= 15 is 0 Å². The Labute approximate surface area is 99.8 Å². The monoisotopic (exact) mass is 231 g/mol. The number of aliphatic hydroxyl groups is 1. The summed E-state index contributed by atoms with van der Waals surface area (Å²) in [4.78, 5) is 3.96. The molecule has 0 aliphatic heterocycles. The van der Waals surface area contributed by atoms with Crippen molar-refractivity contribution < 1.29 is 9.50 Å². The standard InChI is InChI=1S/C14H14FNO/c15-12-7-4-10-16-13(12)8-9-14(17)11-5-2-1-3-6-11/h1-7,10,14,17H,8-9H2/t14-/m1/s1. The zero-order valence-electron chi connectivity index (χ0n) is 9.38. The maximum atomic E-state index is 13.3. The summed E-state index contributed by atoms with van der Waals surface area (Å²) in [6.07, 6.45) is 1.89. The van der Waals surface area contributed by atoms with Crippen LogP contribution in [0.25, 0.3) is 0 Å². The molecule has 1 aromatic heterocycles. The van der Waals surface area contributed by atoms with Gasteiger partial charge >= 0.3 is 0 Å². The van der Waals surface area contributed by atoms with Crippen LogP contribution in [0.15, 0.2) is 48.7 Å². The van der Waals surface area contributed by atoms with Gasteiger partial charge in [-0.2, -0.15) is 0 Å². The number of halogens is 1. The molecular weight excluding hydrogens is 217 g/mol. The Balaban J connectivity index is 1.97. The minimum absolute atomic E-state index is 0.312. The first-order chi connectivity index (χ1) is 8.27. The van der Waals surface area contributed by atoms with Gasteiger partial charge in [0.15, 0.2) is 0 Å². The second kappa shape index (κ2) is 5.55. The molecule has 0 amide bonds. The van der Waals surface area contributed by atoms with Gasteiger partial charge in [0, 0.05) is 6.20 Å². The van der Waals surface area contributed by atoms with E-state index in [0.29, 0.717) is 18.5 Å². The maximum absolute atomic E-state index is 13.3. The first-order valence-corrected chi connectivity index (χ1v) is 5.60. The minimum atomic E-state index is -0.572. The van der Waals surface area contributed by atoms with E-state index in [-0.39, 0.29) is 5.82 Å². The van der Waals surface area contributed by atoms with Crippen LogP contribution in [-0.2, 0) is 6.42 Å². The van der Waals surface area contributed by atoms with Crippen LogP contribution in [0.2, 0.25) is 0 Å². The fourth-order valence-electron chi connectivity index (χ4n) is 1.72. The first-order valence-electron chi connectivity index (χ1n) is 5.60. The largest absolute Gasteiger partial charge is 0.388 e. The highest BCUT2D eigenvalue weighted by Gasteiger charge is 2.09. The smallest absolute Gasteiger partial charge is 0.144 e. The van der Waals surface area contributed by atoms with Crippen LogP contribution in [-0.4, -0.2) is 10.1 Å². The van der Waals surface area contributed by atoms with Crippen molar-refractivity contribution in [1.82, 2.24) is 4.98 Å². The van der Waals surface area contributed by atoms with Gasteiger partial charge in [0.2, 0.25) is 0 Å². The van der Waals surface area contributed by atoms with Crippen molar-refractivity contribution in [2.75, 3.05) is 0 Å². The van der Waals surface area contributed by atoms with Crippen molar-refractivity contribution >= 4 is 0 Å². The SMILES string of the molecule is O[C@H](CCc1ncccc1F)c1ccccc1. The molecule has 2 nitrogen and oxygen atoms in total. The molecule has 1 aromatic carbocycles. The fraction of sp³-hybridized carbons (Fsp3) is 0.214. The molecule has 0 radical (unpaired) electrons. The van der Waals surface area contributed by atoms with Crippen LogP contribution < -0.4 is 0 Å². The van der Waals surface area contributed by atoms with E-state index in [1.54, 1.807) is 12.3 Å². The van der Waals surface area contributed by atoms with Crippen molar-refractivity contribution in [2.24, 2.45) is 0 Å². The molecule has 0 saturated carbocycles. The maximum Gasteiger partial charge on any atom is 0.144 e. The summed E-state index contributed by atoms with van der Waals surface area (Å²) in [5, 5.41) is 9.92. The van der Waals surface area contributed by atoms with Gasteiger partial charge in [-0.1, -0.05) is 30.3 Å². The number of rotatable bonds is 4. The first kappa shape index (κ1) is 11.7. The van der Waals surface area contributed by atoms with Crippen LogP contribution in [0.1, 0.15) is 23.8 Å². The van der Waals surface area contributed by atoms with E-state index in [1.807, 2.05) is 30.3 Å². The van der Waals surface area contributed by atoms with E-state index in [9.17, 15) is 9.50 Å². The molecule has 0 unspecified atom stereocenters. The number of hydrogen-bond acceptors (Lipinski definition) is 2. The predicted molar refractivity (Wildman–Crippen MR) is 63.9 cm³/mol. The topological polar surface area (TPSA) is 33.1 Å². The number of aliphatic hydroxyl groups excluding tert-OH is 1. The Bertz CT molecular complexity index is 473. The van der Waals surface area contributed by atoms with Crippen molar-refractivity contribution in [2.45, 2.75) is 18.9 Å². The van der Waals surface area contributed by atoms with Gasteiger partial charge in [-0.25, -0.2) is 4.39 Å². The van der Waals surface area contributed by atoms with Crippen LogP contribution in [0.3, 0.4) is 0 Å². The number of aromatic nitrogens is 1. The number of aryl methyl sites for hydroxylation is 1. The van der Waals surface area contributed by atoms with Gasteiger partial charge < -0.3 is 5.11 Å². The summed E-state index contributed by atoms with van der Waals surface area (Å²) in [6.45, 7) is 0. The number of hydrogen-bond donors (Lipinski definition) is 1. The van der Waals surface area contributed by atoms with Crippen LogP contribution in [0.5, 0.6) is 0 Å². The van der Waals surface area contributed by atoms with Crippen LogP contribution in [0.4, 0.5) is 4.39 Å². The van der Waals surface area contributed by atoms with Crippen molar-refractivity contribution in [3.63, 3.8) is 0 Å². The second-order valence-corrected chi connectivity index (χ2v) is 3.90. The average molecular weight is 231 g/mol. The van der Waals surface area contributed by atoms with Crippen molar-refractivity contribution in [3.05, 3.63) is 65.7 Å². The highest BCUT2D eigenvalue weighted by Crippen LogP contribution is 2.18. The Hall–Kier alpha value is -1.74. The Kier molecular flexibility index (Phi) is 3.83. The lowest BCUT2D eigenvalue weighted by atomic mass is 10.0. The molecule has 0 bridgehead atoms. The van der Waals surface area contributed by atoms with E-state index in [0.717, 1.165) is 5.56 Å². The Morgan fingerprint density at radius 1 is 1.12 bits per heavy atom.